The SMILES string of the molecule is CC1(C)CC(=O)Oc2c1ccc1c(O)cccc21.CCCOc1cccc2c3c(ccc12)C(C)(C)CC(=O)O3.CCOC(=O)CBr.O=C=O.O=CO[O-].[H-].[K+].[K+]. The summed E-state index contributed by atoms with van der Waals surface area (Å²) in [4.78, 5) is 61.2. The number of phenols is 1. The Labute approximate surface area is 414 Å². The molecule has 0 aromatic heterocycles. The molecule has 4 aromatic rings. The molecule has 0 fully saturated rings. The summed E-state index contributed by atoms with van der Waals surface area (Å²) < 4.78 is 21.2. The van der Waals surface area contributed by atoms with Crippen LogP contribution in [0.5, 0.6) is 23.0 Å². The van der Waals surface area contributed by atoms with Gasteiger partial charge in [-0.1, -0.05) is 99.1 Å². The summed E-state index contributed by atoms with van der Waals surface area (Å²) in [6.07, 6.45) is 2.01. The molecule has 0 bridgehead atoms. The predicted molar refractivity (Wildman–Crippen MR) is 196 cm³/mol. The molecule has 6 rings (SSSR count). The van der Waals surface area contributed by atoms with Crippen molar-refractivity contribution < 1.29 is 167 Å². The van der Waals surface area contributed by atoms with Crippen molar-refractivity contribution in [3.63, 3.8) is 0 Å². The van der Waals surface area contributed by atoms with Crippen molar-refractivity contribution in [2.75, 3.05) is 18.5 Å². The first kappa shape index (κ1) is 53.0. The van der Waals surface area contributed by atoms with E-state index in [4.69, 9.17) is 33.9 Å². The molecule has 4 aromatic carbocycles. The number of esters is 3. The number of benzene rings is 4. The zero-order chi connectivity index (χ0) is 39.8. The van der Waals surface area contributed by atoms with E-state index in [0.29, 0.717) is 48.3 Å². The molecule has 2 aliphatic heterocycles. The number of hydrogen-bond acceptors (Lipinski definition) is 13. The molecule has 13 nitrogen and oxygen atoms in total. The molecule has 0 aliphatic carbocycles. The van der Waals surface area contributed by atoms with Gasteiger partial charge in [-0.25, -0.2) is 0 Å². The number of carbonyl (C=O) groups excluding carboxylic acids is 6. The number of hydrogen-bond donors (Lipinski definition) is 1. The van der Waals surface area contributed by atoms with Crippen molar-refractivity contribution in [3.8, 4) is 23.0 Å². The monoisotopic (exact) mass is 876 g/mol. The fourth-order valence-electron chi connectivity index (χ4n) is 5.65. The van der Waals surface area contributed by atoms with Crippen LogP contribution in [-0.4, -0.2) is 54.2 Å². The summed E-state index contributed by atoms with van der Waals surface area (Å²) in [6, 6.07) is 19.1. The van der Waals surface area contributed by atoms with Gasteiger partial charge in [-0.3, -0.25) is 19.2 Å². The van der Waals surface area contributed by atoms with Crippen LogP contribution in [0.4, 0.5) is 0 Å². The maximum Gasteiger partial charge on any atom is 1.00 e. The third-order valence-electron chi connectivity index (χ3n) is 7.94. The molecule has 16 heteroatoms. The Morgan fingerprint density at radius 1 is 0.855 bits per heavy atom. The van der Waals surface area contributed by atoms with Crippen molar-refractivity contribution in [1.82, 2.24) is 0 Å². The van der Waals surface area contributed by atoms with Crippen LogP contribution in [0.2, 0.25) is 0 Å². The topological polar surface area (TPSA) is 192 Å². The first-order chi connectivity index (χ1) is 25.2. The molecule has 0 radical (unpaired) electrons. The zero-order valence-corrected chi connectivity index (χ0v) is 40.1. The van der Waals surface area contributed by atoms with Gasteiger partial charge >= 0.3 is 127 Å². The number of halogens is 1. The van der Waals surface area contributed by atoms with E-state index in [0.717, 1.165) is 39.5 Å². The normalized spacial score (nSPS) is 13.5. The second-order valence-corrected chi connectivity index (χ2v) is 13.3. The van der Waals surface area contributed by atoms with Crippen LogP contribution in [0, 0.1) is 0 Å². The fraction of sp³-hybridized carbons (Fsp3) is 0.359. The van der Waals surface area contributed by atoms with Crippen LogP contribution < -0.4 is 122 Å². The molecule has 0 saturated heterocycles. The smallest absolute Gasteiger partial charge is 1.00 e. The average Bonchev–Trinajstić information content (AvgIpc) is 3.11. The average molecular weight is 878 g/mol. The van der Waals surface area contributed by atoms with Crippen molar-refractivity contribution in [1.29, 1.82) is 0 Å². The largest absolute Gasteiger partial charge is 1.00 e. The zero-order valence-electron chi connectivity index (χ0n) is 33.3. The van der Waals surface area contributed by atoms with E-state index >= 15 is 0 Å². The van der Waals surface area contributed by atoms with Crippen LogP contribution in [-0.2, 0) is 49.2 Å². The standard InChI is InChI=1S/C18H20O3.C15H14O3.C4H7BrO2.CH2O3.CO2.2K.H/c1-4-10-20-15-7-5-6-13-12(15)8-9-14-17(13)21-16(19)11-18(14,2)3;1-15(2)8-13(17)18-14-10-4-3-5-12(16)9(10)6-7-11(14)15;1-2-7-4(6)3-5;2-1-4-3;2-1-3;;;/h5-9H,4,10-11H2,1-3H3;3-7,16H,8H2,1-2H3;2-3H2,1H3;1,3H;;;;/q;;;;;2*+1;-1/p-1. The molecule has 0 amide bonds. The summed E-state index contributed by atoms with van der Waals surface area (Å²) in [5, 5.41) is 22.0. The molecule has 0 spiro atoms. The third kappa shape index (κ3) is 15.3. The van der Waals surface area contributed by atoms with E-state index in [2.05, 4.69) is 58.5 Å². The predicted octanol–water partition coefficient (Wildman–Crippen LogP) is 0.264. The summed E-state index contributed by atoms with van der Waals surface area (Å²) in [5.74, 6) is 1.73. The van der Waals surface area contributed by atoms with E-state index < -0.39 is 0 Å². The molecule has 0 unspecified atom stereocenters. The number of rotatable bonds is 6. The van der Waals surface area contributed by atoms with Gasteiger partial charge in [0, 0.05) is 43.5 Å². The van der Waals surface area contributed by atoms with Crippen LogP contribution >= 0.6 is 15.9 Å². The van der Waals surface area contributed by atoms with Crippen LogP contribution in [0.25, 0.3) is 21.5 Å². The van der Waals surface area contributed by atoms with E-state index in [9.17, 15) is 19.5 Å². The first-order valence-electron chi connectivity index (χ1n) is 16.4. The molecule has 1 N–H and O–H groups in total. The van der Waals surface area contributed by atoms with E-state index in [1.165, 1.54) is 0 Å². The Balaban J connectivity index is 0. The third-order valence-corrected chi connectivity index (χ3v) is 8.40. The molecule has 2 aliphatic rings. The second kappa shape index (κ2) is 26.1. The number of fused-ring (bicyclic) bond motifs is 6. The summed E-state index contributed by atoms with van der Waals surface area (Å²) >= 11 is 2.94. The Morgan fingerprint density at radius 2 is 1.31 bits per heavy atom. The van der Waals surface area contributed by atoms with Gasteiger partial charge in [0.1, 0.15) is 28.3 Å². The summed E-state index contributed by atoms with van der Waals surface area (Å²) in [6.45, 7) is 13.0. The molecule has 0 saturated carbocycles. The Bertz CT molecular complexity index is 1950. The maximum absolute atomic E-state index is 11.9. The van der Waals surface area contributed by atoms with Crippen LogP contribution in [0.3, 0.4) is 0 Å². The van der Waals surface area contributed by atoms with Gasteiger partial charge in [-0.05, 0) is 25.5 Å². The van der Waals surface area contributed by atoms with Gasteiger partial charge in [0.05, 0.1) is 26.1 Å². The number of aromatic hydroxyl groups is 1. The van der Waals surface area contributed by atoms with Gasteiger partial charge in [0.25, 0.3) is 6.47 Å². The van der Waals surface area contributed by atoms with Crippen molar-refractivity contribution >= 4 is 68.0 Å². The maximum atomic E-state index is 11.9. The molecule has 0 atom stereocenters. The van der Waals surface area contributed by atoms with E-state index in [-0.39, 0.29) is 151 Å². The minimum Gasteiger partial charge on any atom is -1.00 e. The molecule has 286 valence electrons. The van der Waals surface area contributed by atoms with Gasteiger partial charge in [0.2, 0.25) is 0 Å². The quantitative estimate of drug-likeness (QED) is 0.0529. The van der Waals surface area contributed by atoms with E-state index in [1.54, 1.807) is 19.1 Å². The van der Waals surface area contributed by atoms with Crippen molar-refractivity contribution in [2.24, 2.45) is 0 Å². The number of alkyl halides is 1. The van der Waals surface area contributed by atoms with Crippen LogP contribution in [0.1, 0.15) is 73.4 Å². The Kier molecular flexibility index (Phi) is 25.1. The fourth-order valence-corrected chi connectivity index (χ4v) is 5.81. The van der Waals surface area contributed by atoms with Crippen molar-refractivity contribution in [2.45, 2.75) is 71.6 Å². The number of carbonyl (C=O) groups is 4. The Morgan fingerprint density at radius 3 is 1.73 bits per heavy atom. The van der Waals surface area contributed by atoms with Crippen molar-refractivity contribution in [3.05, 3.63) is 71.8 Å². The summed E-state index contributed by atoms with van der Waals surface area (Å²) in [5.41, 5.74) is 1.67. The van der Waals surface area contributed by atoms with Crippen LogP contribution in [0.15, 0.2) is 60.7 Å². The van der Waals surface area contributed by atoms with Gasteiger partial charge in [0.15, 0.2) is 0 Å². The van der Waals surface area contributed by atoms with Gasteiger partial charge in [-0.2, -0.15) is 9.59 Å². The van der Waals surface area contributed by atoms with E-state index in [1.807, 2.05) is 50.2 Å². The first-order valence-corrected chi connectivity index (χ1v) is 17.6. The Hall–Kier alpha value is -2.03. The molecular weight excluding hydrogens is 835 g/mol. The minimum atomic E-state index is -0.232. The number of phenolic OH excluding ortho intramolecular Hbond substituents is 1. The molecular formula is C39H43BrK2O13. The second-order valence-electron chi connectivity index (χ2n) is 12.7. The summed E-state index contributed by atoms with van der Waals surface area (Å²) in [7, 11) is 0. The van der Waals surface area contributed by atoms with Gasteiger partial charge < -0.3 is 35.6 Å². The number of ether oxygens (including phenoxy) is 4. The molecule has 2 heterocycles. The van der Waals surface area contributed by atoms with Gasteiger partial charge in [-0.15, -0.1) is 0 Å². The minimum absolute atomic E-state index is 0. The molecule has 55 heavy (non-hydrogen) atoms.